The van der Waals surface area contributed by atoms with Gasteiger partial charge in [0.1, 0.15) is 22.8 Å². The zero-order chi connectivity index (χ0) is 11.8. The van der Waals surface area contributed by atoms with E-state index in [0.717, 1.165) is 11.0 Å². The molecule has 0 aliphatic carbocycles. The third kappa shape index (κ3) is 1.72. The van der Waals surface area contributed by atoms with E-state index < -0.39 is 0 Å². The van der Waals surface area contributed by atoms with Crippen molar-refractivity contribution in [2.75, 3.05) is 0 Å². The average Bonchev–Trinajstić information content (AvgIpc) is 2.71. The molecule has 2 aromatic carbocycles. The zero-order valence-corrected chi connectivity index (χ0v) is 8.92. The molecule has 3 rings (SSSR count). The van der Waals surface area contributed by atoms with Crippen LogP contribution in [0.3, 0.4) is 0 Å². The summed E-state index contributed by atoms with van der Waals surface area (Å²) < 4.78 is 5.64. The molecule has 1 aromatic heterocycles. The lowest BCUT2D eigenvalue weighted by molar-refractivity contribution is 0.450. The molecule has 0 saturated carbocycles. The molecule has 0 spiro atoms. The van der Waals surface area contributed by atoms with Crippen LogP contribution in [0.25, 0.3) is 22.3 Å². The Kier molecular flexibility index (Phi) is 2.05. The summed E-state index contributed by atoms with van der Waals surface area (Å²) in [5.74, 6) is 0.651. The smallest absolute Gasteiger partial charge is 0.135 e. The van der Waals surface area contributed by atoms with Crippen molar-refractivity contribution in [3.8, 4) is 22.8 Å². The number of aromatic hydroxyl groups is 2. The van der Waals surface area contributed by atoms with Gasteiger partial charge in [0.2, 0.25) is 0 Å². The predicted octanol–water partition coefficient (Wildman–Crippen LogP) is 3.51. The van der Waals surface area contributed by atoms with E-state index in [0.29, 0.717) is 11.3 Å². The number of phenolic OH excluding ortho intramolecular Hbond substituents is 2. The van der Waals surface area contributed by atoms with Crippen molar-refractivity contribution in [2.45, 2.75) is 0 Å². The van der Waals surface area contributed by atoms with E-state index in [4.69, 9.17) is 4.42 Å². The second kappa shape index (κ2) is 3.56. The topological polar surface area (TPSA) is 53.6 Å². The maximum Gasteiger partial charge on any atom is 0.135 e. The molecular weight excluding hydrogens is 216 g/mol. The minimum absolute atomic E-state index is 0.0143. The first-order valence-corrected chi connectivity index (χ1v) is 5.24. The summed E-state index contributed by atoms with van der Waals surface area (Å²) in [6, 6.07) is 13.9. The Morgan fingerprint density at radius 3 is 2.24 bits per heavy atom. The standard InChI is InChI=1S/C14H10O3/c15-11-5-10(6-12(16)8-11)14-7-9-3-1-2-4-13(9)17-14/h1-8,15-16H. The predicted molar refractivity (Wildman–Crippen MR) is 65.0 cm³/mol. The van der Waals surface area contributed by atoms with Crippen LogP contribution < -0.4 is 0 Å². The van der Waals surface area contributed by atoms with E-state index in [-0.39, 0.29) is 11.5 Å². The van der Waals surface area contributed by atoms with Gasteiger partial charge in [-0.05, 0) is 24.3 Å². The number of furan rings is 1. The van der Waals surface area contributed by atoms with Crippen LogP contribution in [-0.4, -0.2) is 10.2 Å². The fraction of sp³-hybridized carbons (Fsp3) is 0. The Bertz CT molecular complexity index is 630. The van der Waals surface area contributed by atoms with Crippen LogP contribution in [-0.2, 0) is 0 Å². The van der Waals surface area contributed by atoms with E-state index in [1.54, 1.807) is 12.1 Å². The molecule has 1 heterocycles. The number of benzene rings is 2. The molecular formula is C14H10O3. The molecule has 3 nitrogen and oxygen atoms in total. The summed E-state index contributed by atoms with van der Waals surface area (Å²) in [4.78, 5) is 0. The molecule has 3 heteroatoms. The zero-order valence-electron chi connectivity index (χ0n) is 8.92. The third-order valence-corrected chi connectivity index (χ3v) is 2.61. The highest BCUT2D eigenvalue weighted by Crippen LogP contribution is 2.32. The summed E-state index contributed by atoms with van der Waals surface area (Å²) in [6.07, 6.45) is 0. The Hall–Kier alpha value is -2.42. The van der Waals surface area contributed by atoms with Crippen molar-refractivity contribution >= 4 is 11.0 Å². The Labute approximate surface area is 97.6 Å². The van der Waals surface area contributed by atoms with Crippen LogP contribution in [0.1, 0.15) is 0 Å². The number of phenols is 2. The second-order valence-electron chi connectivity index (χ2n) is 3.89. The first-order chi connectivity index (χ1) is 8.22. The van der Waals surface area contributed by atoms with Crippen LogP contribution in [0.15, 0.2) is 52.9 Å². The van der Waals surface area contributed by atoms with Gasteiger partial charge in [-0.3, -0.25) is 0 Å². The molecule has 3 aromatic rings. The van der Waals surface area contributed by atoms with Gasteiger partial charge < -0.3 is 14.6 Å². The van der Waals surface area contributed by atoms with E-state index in [1.165, 1.54) is 6.07 Å². The lowest BCUT2D eigenvalue weighted by Crippen LogP contribution is -1.74. The van der Waals surface area contributed by atoms with E-state index >= 15 is 0 Å². The van der Waals surface area contributed by atoms with Gasteiger partial charge in [-0.2, -0.15) is 0 Å². The largest absolute Gasteiger partial charge is 0.508 e. The van der Waals surface area contributed by atoms with Crippen LogP contribution >= 0.6 is 0 Å². The molecule has 0 atom stereocenters. The minimum atomic E-state index is 0.0143. The lowest BCUT2D eigenvalue weighted by atomic mass is 10.1. The molecule has 0 saturated heterocycles. The number of fused-ring (bicyclic) bond motifs is 1. The lowest BCUT2D eigenvalue weighted by Gasteiger charge is -1.99. The number of para-hydroxylation sites is 1. The van der Waals surface area contributed by atoms with Crippen molar-refractivity contribution in [1.29, 1.82) is 0 Å². The second-order valence-corrected chi connectivity index (χ2v) is 3.89. The summed E-state index contributed by atoms with van der Waals surface area (Å²) >= 11 is 0. The third-order valence-electron chi connectivity index (χ3n) is 2.61. The SMILES string of the molecule is Oc1cc(O)cc(-c2cc3ccccc3o2)c1. The molecule has 0 bridgehead atoms. The Balaban J connectivity index is 2.20. The van der Waals surface area contributed by atoms with E-state index in [9.17, 15) is 10.2 Å². The molecule has 0 radical (unpaired) electrons. The summed E-state index contributed by atoms with van der Waals surface area (Å²) in [5.41, 5.74) is 1.43. The van der Waals surface area contributed by atoms with Crippen LogP contribution in [0, 0.1) is 0 Å². The van der Waals surface area contributed by atoms with Gasteiger partial charge in [0.05, 0.1) is 0 Å². The molecule has 0 aliphatic heterocycles. The summed E-state index contributed by atoms with van der Waals surface area (Å²) in [7, 11) is 0. The van der Waals surface area contributed by atoms with Gasteiger partial charge in [-0.25, -0.2) is 0 Å². The average molecular weight is 226 g/mol. The van der Waals surface area contributed by atoms with Crippen molar-refractivity contribution in [2.24, 2.45) is 0 Å². The first kappa shape index (κ1) is 9.78. The Morgan fingerprint density at radius 2 is 1.53 bits per heavy atom. The highest BCUT2D eigenvalue weighted by Gasteiger charge is 2.07. The summed E-state index contributed by atoms with van der Waals surface area (Å²) in [6.45, 7) is 0. The number of hydrogen-bond donors (Lipinski definition) is 2. The molecule has 0 amide bonds. The maximum atomic E-state index is 9.43. The van der Waals surface area contributed by atoms with Crippen LogP contribution in [0.2, 0.25) is 0 Å². The van der Waals surface area contributed by atoms with Crippen molar-refractivity contribution in [1.82, 2.24) is 0 Å². The quantitative estimate of drug-likeness (QED) is 0.667. The van der Waals surface area contributed by atoms with Crippen molar-refractivity contribution in [3.05, 3.63) is 48.5 Å². The number of hydrogen-bond acceptors (Lipinski definition) is 3. The van der Waals surface area contributed by atoms with E-state index in [1.807, 2.05) is 30.3 Å². The van der Waals surface area contributed by atoms with Crippen LogP contribution in [0.4, 0.5) is 0 Å². The normalized spacial score (nSPS) is 10.8. The first-order valence-electron chi connectivity index (χ1n) is 5.24. The van der Waals surface area contributed by atoms with Crippen molar-refractivity contribution in [3.63, 3.8) is 0 Å². The van der Waals surface area contributed by atoms with Crippen LogP contribution in [0.5, 0.6) is 11.5 Å². The monoisotopic (exact) mass is 226 g/mol. The fourth-order valence-corrected chi connectivity index (χ4v) is 1.86. The number of rotatable bonds is 1. The van der Waals surface area contributed by atoms with Crippen molar-refractivity contribution < 1.29 is 14.6 Å². The Morgan fingerprint density at radius 1 is 0.824 bits per heavy atom. The highest BCUT2D eigenvalue weighted by atomic mass is 16.3. The van der Waals surface area contributed by atoms with Gasteiger partial charge in [0.25, 0.3) is 0 Å². The van der Waals surface area contributed by atoms with Gasteiger partial charge in [-0.15, -0.1) is 0 Å². The summed E-state index contributed by atoms with van der Waals surface area (Å²) in [5, 5.41) is 19.8. The van der Waals surface area contributed by atoms with Gasteiger partial charge >= 0.3 is 0 Å². The molecule has 0 fully saturated rings. The highest BCUT2D eigenvalue weighted by molar-refractivity contribution is 5.83. The van der Waals surface area contributed by atoms with Gasteiger partial charge in [-0.1, -0.05) is 18.2 Å². The minimum Gasteiger partial charge on any atom is -0.508 e. The van der Waals surface area contributed by atoms with Gasteiger partial charge in [0, 0.05) is 17.0 Å². The van der Waals surface area contributed by atoms with E-state index in [2.05, 4.69) is 0 Å². The van der Waals surface area contributed by atoms with Gasteiger partial charge in [0.15, 0.2) is 0 Å². The molecule has 0 aliphatic rings. The molecule has 17 heavy (non-hydrogen) atoms. The molecule has 84 valence electrons. The molecule has 0 unspecified atom stereocenters. The fourth-order valence-electron chi connectivity index (χ4n) is 1.86. The molecule has 2 N–H and O–H groups in total. The maximum absolute atomic E-state index is 9.43.